The van der Waals surface area contributed by atoms with Crippen molar-refractivity contribution in [3.8, 4) is 0 Å². The lowest BCUT2D eigenvalue weighted by Gasteiger charge is -2.32. The Bertz CT molecular complexity index is 537. The van der Waals surface area contributed by atoms with E-state index in [9.17, 15) is 4.79 Å². The summed E-state index contributed by atoms with van der Waals surface area (Å²) in [5.74, 6) is 0. The lowest BCUT2D eigenvalue weighted by molar-refractivity contribution is 0.00578. The summed E-state index contributed by atoms with van der Waals surface area (Å²) < 4.78 is 11.8. The van der Waals surface area contributed by atoms with Crippen molar-refractivity contribution < 1.29 is 18.9 Å². The largest absolute Gasteiger partial charge is 0.498 e. The van der Waals surface area contributed by atoms with Gasteiger partial charge in [0.15, 0.2) is 0 Å². The van der Waals surface area contributed by atoms with Crippen molar-refractivity contribution in [3.05, 3.63) is 12.4 Å². The first kappa shape index (κ1) is 14.4. The van der Waals surface area contributed by atoms with Crippen LogP contribution in [0.25, 0.3) is 0 Å². The van der Waals surface area contributed by atoms with Crippen LogP contribution in [0.2, 0.25) is 0 Å². The Morgan fingerprint density at radius 2 is 1.90 bits per heavy atom. The van der Waals surface area contributed by atoms with E-state index in [-0.39, 0.29) is 6.09 Å². The number of amides is 1. The second-order valence-electron chi connectivity index (χ2n) is 6.46. The van der Waals surface area contributed by atoms with Gasteiger partial charge < -0.3 is 14.2 Å². The third-order valence-electron chi connectivity index (χ3n) is 4.39. The molecule has 1 amide bonds. The van der Waals surface area contributed by atoms with Crippen molar-refractivity contribution >= 4 is 18.7 Å². The lowest BCUT2D eigenvalue weighted by Crippen LogP contribution is -2.45. The molecule has 0 bridgehead atoms. The Labute approximate surface area is 124 Å². The molecule has 0 spiro atoms. The zero-order valence-corrected chi connectivity index (χ0v) is 12.8. The maximum Gasteiger partial charge on any atom is 0.498 e. The molecule has 21 heavy (non-hydrogen) atoms. The number of nitrogens with zero attached hydrogens (tertiary/aromatic N) is 3. The monoisotopic (exact) mass is 293 g/mol. The van der Waals surface area contributed by atoms with E-state index < -0.39 is 18.3 Å². The average Bonchev–Trinajstić information content (AvgIpc) is 2.80. The van der Waals surface area contributed by atoms with Gasteiger partial charge in [0, 0.05) is 18.6 Å². The molecular weight excluding hydrogens is 273 g/mol. The molecule has 8 heteroatoms. The van der Waals surface area contributed by atoms with Crippen molar-refractivity contribution in [1.29, 1.82) is 0 Å². The molecule has 2 saturated heterocycles. The molecule has 0 N–H and O–H groups in total. The maximum atomic E-state index is 11.7. The molecule has 7 nitrogen and oxygen atoms in total. The van der Waals surface area contributed by atoms with Gasteiger partial charge in [-0.25, -0.2) is 4.79 Å². The molecule has 0 unspecified atom stereocenters. The van der Waals surface area contributed by atoms with Crippen LogP contribution in [-0.2, 0) is 9.31 Å². The van der Waals surface area contributed by atoms with Gasteiger partial charge in [-0.1, -0.05) is 4.85 Å². The van der Waals surface area contributed by atoms with E-state index in [1.807, 2.05) is 27.7 Å². The SMILES string of the molecule is CC1(C)OB(c2cnn(OC(=O)N3CCC3)c2)OC1(C)C. The van der Waals surface area contributed by atoms with E-state index >= 15 is 0 Å². The van der Waals surface area contributed by atoms with Gasteiger partial charge in [-0.2, -0.15) is 0 Å². The zero-order valence-electron chi connectivity index (χ0n) is 12.8. The molecular formula is C13H20BN3O4. The number of hydrogen-bond donors (Lipinski definition) is 0. The van der Waals surface area contributed by atoms with Gasteiger partial charge in [-0.15, -0.1) is 5.10 Å². The van der Waals surface area contributed by atoms with Gasteiger partial charge in [0.1, 0.15) is 0 Å². The Balaban J connectivity index is 1.67. The van der Waals surface area contributed by atoms with Gasteiger partial charge in [0.25, 0.3) is 0 Å². The quantitative estimate of drug-likeness (QED) is 0.740. The number of rotatable bonds is 2. The van der Waals surface area contributed by atoms with E-state index in [0.717, 1.165) is 29.8 Å². The third-order valence-corrected chi connectivity index (χ3v) is 4.39. The fourth-order valence-corrected chi connectivity index (χ4v) is 2.11. The summed E-state index contributed by atoms with van der Waals surface area (Å²) in [4.78, 5) is 19.6. The van der Waals surface area contributed by atoms with Crippen LogP contribution in [0, 0.1) is 0 Å². The van der Waals surface area contributed by atoms with Crippen LogP contribution < -0.4 is 10.3 Å². The highest BCUT2D eigenvalue weighted by Gasteiger charge is 2.52. The molecule has 0 aromatic carbocycles. The van der Waals surface area contributed by atoms with Gasteiger partial charge in [0.05, 0.1) is 23.6 Å². The molecule has 1 aromatic heterocycles. The standard InChI is InChI=1S/C13H20BN3O4/c1-12(2)13(3,4)21-14(20-12)10-8-15-17(9-10)19-11(18)16-6-5-7-16/h8-9H,5-7H2,1-4H3. The summed E-state index contributed by atoms with van der Waals surface area (Å²) >= 11 is 0. The molecule has 1 aromatic rings. The van der Waals surface area contributed by atoms with E-state index in [4.69, 9.17) is 14.1 Å². The van der Waals surface area contributed by atoms with E-state index in [2.05, 4.69) is 5.10 Å². The fourth-order valence-electron chi connectivity index (χ4n) is 2.11. The number of hydrogen-bond acceptors (Lipinski definition) is 5. The van der Waals surface area contributed by atoms with Gasteiger partial charge >= 0.3 is 13.2 Å². The van der Waals surface area contributed by atoms with Crippen molar-refractivity contribution in [2.45, 2.75) is 45.3 Å². The molecule has 0 atom stereocenters. The average molecular weight is 293 g/mol. The number of carbonyl (C=O) groups excluding carboxylic acids is 1. The summed E-state index contributed by atoms with van der Waals surface area (Å²) in [6.45, 7) is 9.43. The summed E-state index contributed by atoms with van der Waals surface area (Å²) in [7, 11) is -0.508. The number of aromatic nitrogens is 2. The smallest absolute Gasteiger partial charge is 0.399 e. The molecule has 114 valence electrons. The maximum absolute atomic E-state index is 11.7. The predicted octanol–water partition coefficient (Wildman–Crippen LogP) is 0.437. The minimum atomic E-state index is -0.508. The Hall–Kier alpha value is -1.54. The molecule has 3 rings (SSSR count). The van der Waals surface area contributed by atoms with Crippen molar-refractivity contribution in [3.63, 3.8) is 0 Å². The zero-order chi connectivity index (χ0) is 15.3. The highest BCUT2D eigenvalue weighted by atomic mass is 16.7. The fraction of sp³-hybridized carbons (Fsp3) is 0.692. The normalized spacial score (nSPS) is 23.0. The highest BCUT2D eigenvalue weighted by molar-refractivity contribution is 6.61. The van der Waals surface area contributed by atoms with E-state index in [1.54, 1.807) is 17.3 Å². The molecule has 0 radical (unpaired) electrons. The summed E-state index contributed by atoms with van der Waals surface area (Å²) in [5.41, 5.74) is -0.0904. The first-order valence-corrected chi connectivity index (χ1v) is 7.16. The van der Waals surface area contributed by atoms with Gasteiger partial charge in [-0.05, 0) is 34.1 Å². The topological polar surface area (TPSA) is 65.8 Å². The summed E-state index contributed by atoms with van der Waals surface area (Å²) in [5, 5.41) is 4.02. The Kier molecular flexibility index (Phi) is 3.25. The van der Waals surface area contributed by atoms with Crippen molar-refractivity contribution in [2.24, 2.45) is 0 Å². The number of likely N-dealkylation sites (tertiary alicyclic amines) is 1. The molecule has 0 aliphatic carbocycles. The van der Waals surface area contributed by atoms with Crippen LogP contribution in [-0.4, -0.2) is 52.3 Å². The minimum Gasteiger partial charge on any atom is -0.399 e. The summed E-state index contributed by atoms with van der Waals surface area (Å²) in [6, 6.07) is 0. The molecule has 3 heterocycles. The molecule has 2 aliphatic rings. The van der Waals surface area contributed by atoms with E-state index in [0.29, 0.717) is 0 Å². The molecule has 2 fully saturated rings. The minimum absolute atomic E-state index is 0.384. The van der Waals surface area contributed by atoms with Gasteiger partial charge in [-0.3, -0.25) is 4.84 Å². The number of carbonyl (C=O) groups is 1. The van der Waals surface area contributed by atoms with Crippen LogP contribution in [0.3, 0.4) is 0 Å². The van der Waals surface area contributed by atoms with Gasteiger partial charge in [0.2, 0.25) is 0 Å². The third kappa shape index (κ3) is 2.53. The Morgan fingerprint density at radius 3 is 2.43 bits per heavy atom. The Morgan fingerprint density at radius 1 is 1.29 bits per heavy atom. The van der Waals surface area contributed by atoms with Crippen molar-refractivity contribution in [1.82, 2.24) is 14.8 Å². The molecule has 0 saturated carbocycles. The van der Waals surface area contributed by atoms with Crippen LogP contribution in [0.5, 0.6) is 0 Å². The highest BCUT2D eigenvalue weighted by Crippen LogP contribution is 2.36. The van der Waals surface area contributed by atoms with E-state index in [1.165, 1.54) is 0 Å². The second-order valence-corrected chi connectivity index (χ2v) is 6.46. The van der Waals surface area contributed by atoms with Crippen LogP contribution in [0.15, 0.2) is 12.4 Å². The predicted molar refractivity (Wildman–Crippen MR) is 76.1 cm³/mol. The molecule has 2 aliphatic heterocycles. The summed E-state index contributed by atoms with van der Waals surface area (Å²) in [6.07, 6.45) is 3.84. The second kappa shape index (κ2) is 4.74. The van der Waals surface area contributed by atoms with Crippen molar-refractivity contribution in [2.75, 3.05) is 13.1 Å². The first-order chi connectivity index (χ1) is 9.78. The van der Waals surface area contributed by atoms with Crippen LogP contribution in [0.4, 0.5) is 4.79 Å². The first-order valence-electron chi connectivity index (χ1n) is 7.16. The lowest BCUT2D eigenvalue weighted by atomic mass is 9.82. The van der Waals surface area contributed by atoms with Crippen LogP contribution >= 0.6 is 0 Å². The van der Waals surface area contributed by atoms with Crippen LogP contribution in [0.1, 0.15) is 34.1 Å².